The quantitative estimate of drug-likeness (QED) is 0.198. The molecule has 7 heteroatoms. The van der Waals surface area contributed by atoms with Gasteiger partial charge in [0.2, 0.25) is 6.79 Å². The normalized spacial score (nSPS) is 52.0. The molecule has 13 atom stereocenters. The smallest absolute Gasteiger partial charge is 0.437 e. The Balaban J connectivity index is 1.51. The van der Waals surface area contributed by atoms with Crippen LogP contribution in [0.1, 0.15) is 114 Å². The lowest BCUT2D eigenvalue weighted by Gasteiger charge is -2.73. The van der Waals surface area contributed by atoms with E-state index in [1.54, 1.807) is 0 Å². The number of carbonyl (C=O) groups is 1. The van der Waals surface area contributed by atoms with Crippen molar-refractivity contribution >= 4 is 13.8 Å². The molecule has 5 saturated carbocycles. The van der Waals surface area contributed by atoms with Gasteiger partial charge in [-0.2, -0.15) is 0 Å². The Hall–Kier alpha value is -0.420. The van der Waals surface area contributed by atoms with Crippen molar-refractivity contribution < 1.29 is 28.4 Å². The Bertz CT molecular complexity index is 1040. The van der Waals surface area contributed by atoms with E-state index in [4.69, 9.17) is 14.5 Å². The van der Waals surface area contributed by atoms with E-state index in [2.05, 4.69) is 66.8 Å². The summed E-state index contributed by atoms with van der Waals surface area (Å²) in [6.07, 6.45) is 8.67. The maximum atomic E-state index is 13.9. The van der Waals surface area contributed by atoms with Gasteiger partial charge in [0.1, 0.15) is 0 Å². The molecule has 0 aromatic carbocycles. The van der Waals surface area contributed by atoms with Crippen molar-refractivity contribution in [1.29, 1.82) is 0 Å². The van der Waals surface area contributed by atoms with Crippen LogP contribution in [0.4, 0.5) is 0 Å². The molecule has 0 bridgehead atoms. The van der Waals surface area contributed by atoms with Crippen LogP contribution in [-0.2, 0) is 18.6 Å². The molecule has 5 aliphatic carbocycles. The van der Waals surface area contributed by atoms with E-state index >= 15 is 0 Å². The molecule has 0 aliphatic heterocycles. The third-order valence-electron chi connectivity index (χ3n) is 15.3. The predicted molar refractivity (Wildman–Crippen MR) is 157 cm³/mol. The number of esters is 1. The zero-order valence-electron chi connectivity index (χ0n) is 26.6. The summed E-state index contributed by atoms with van der Waals surface area (Å²) in [7, 11) is -4.70. The van der Waals surface area contributed by atoms with Crippen molar-refractivity contribution in [3.63, 3.8) is 0 Å². The van der Waals surface area contributed by atoms with Gasteiger partial charge in [-0.05, 0) is 127 Å². The largest absolute Gasteiger partial charge is 0.472 e. The molecule has 5 rings (SSSR count). The molecule has 13 unspecified atom stereocenters. The Labute approximate surface area is 243 Å². The molecule has 0 amide bonds. The summed E-state index contributed by atoms with van der Waals surface area (Å²) in [5.74, 6) is 5.72. The SMILES string of the molecule is CC1CCC2(C(=O)OCOP(=O)(O)O)CCC3(C)C(CCC4C5C(C)CC(C)C(C)(C)C5CC(C)C43C)C2C1C. The van der Waals surface area contributed by atoms with Gasteiger partial charge in [-0.25, -0.2) is 9.09 Å². The van der Waals surface area contributed by atoms with Gasteiger partial charge in [0.05, 0.1) is 5.41 Å². The number of hydrogen-bond acceptors (Lipinski definition) is 4. The summed E-state index contributed by atoms with van der Waals surface area (Å²) >= 11 is 0. The second-order valence-corrected chi connectivity index (χ2v) is 17.7. The molecule has 0 heterocycles. The molecule has 0 aromatic heterocycles. The van der Waals surface area contributed by atoms with Crippen molar-refractivity contribution in [3.8, 4) is 0 Å². The van der Waals surface area contributed by atoms with Crippen LogP contribution in [0.3, 0.4) is 0 Å². The fourth-order valence-corrected chi connectivity index (χ4v) is 12.5. The molecule has 5 aliphatic rings. The highest BCUT2D eigenvalue weighted by atomic mass is 31.2. The van der Waals surface area contributed by atoms with Gasteiger partial charge in [-0.3, -0.25) is 4.79 Å². The first-order valence-corrected chi connectivity index (χ1v) is 17.8. The van der Waals surface area contributed by atoms with Gasteiger partial charge in [0.25, 0.3) is 0 Å². The standard InChI is InChI=1S/C33H57O6P/c1-19-12-13-33(29(34)38-18-39-40(35,36)37)15-14-31(8)25(28(33)23(19)5)11-10-24-27-20(2)16-21(3)30(6,7)26(27)17-22(4)32(24,31)9/h19-28H,10-18H2,1-9H3,(H2,35,36,37). The van der Waals surface area contributed by atoms with Crippen LogP contribution in [0, 0.1) is 80.8 Å². The fraction of sp³-hybridized carbons (Fsp3) is 0.970. The Kier molecular flexibility index (Phi) is 7.80. The predicted octanol–water partition coefficient (Wildman–Crippen LogP) is 8.07. The van der Waals surface area contributed by atoms with Gasteiger partial charge < -0.3 is 14.5 Å². The molecular formula is C33H57O6P. The maximum Gasteiger partial charge on any atom is 0.472 e. The van der Waals surface area contributed by atoms with E-state index < -0.39 is 20.0 Å². The van der Waals surface area contributed by atoms with Crippen LogP contribution in [0.5, 0.6) is 0 Å². The highest BCUT2D eigenvalue weighted by Gasteiger charge is 2.71. The molecule has 0 radical (unpaired) electrons. The minimum absolute atomic E-state index is 0.148. The highest BCUT2D eigenvalue weighted by molar-refractivity contribution is 7.46. The molecule has 0 aromatic rings. The lowest BCUT2D eigenvalue weighted by Crippen LogP contribution is -2.68. The first-order valence-electron chi connectivity index (χ1n) is 16.3. The average molecular weight is 581 g/mol. The Morgan fingerprint density at radius 2 is 1.48 bits per heavy atom. The van der Waals surface area contributed by atoms with Crippen molar-refractivity contribution in [2.24, 2.45) is 80.8 Å². The molecule has 0 spiro atoms. The number of phosphoric ester groups is 1. The Morgan fingerprint density at radius 1 is 0.825 bits per heavy atom. The van der Waals surface area contributed by atoms with E-state index in [1.165, 1.54) is 25.7 Å². The number of fused-ring (bicyclic) bond motifs is 7. The zero-order chi connectivity index (χ0) is 29.6. The van der Waals surface area contributed by atoms with Gasteiger partial charge in [0.15, 0.2) is 0 Å². The van der Waals surface area contributed by atoms with E-state index in [-0.39, 0.29) is 22.7 Å². The number of hydrogen-bond donors (Lipinski definition) is 2. The average Bonchev–Trinajstić information content (AvgIpc) is 2.85. The minimum Gasteiger partial charge on any atom is -0.437 e. The number of ether oxygens (including phenoxy) is 1. The maximum absolute atomic E-state index is 13.9. The zero-order valence-corrected chi connectivity index (χ0v) is 27.5. The van der Waals surface area contributed by atoms with Crippen molar-refractivity contribution in [2.45, 2.75) is 114 Å². The monoisotopic (exact) mass is 580 g/mol. The van der Waals surface area contributed by atoms with Crippen LogP contribution in [0.25, 0.3) is 0 Å². The number of carbonyl (C=O) groups excluding carboxylic acids is 1. The molecule has 0 saturated heterocycles. The van der Waals surface area contributed by atoms with Crippen molar-refractivity contribution in [3.05, 3.63) is 0 Å². The van der Waals surface area contributed by atoms with Crippen molar-refractivity contribution in [1.82, 2.24) is 0 Å². The van der Waals surface area contributed by atoms with Crippen LogP contribution >= 0.6 is 7.82 Å². The summed E-state index contributed by atoms with van der Waals surface area (Å²) in [5, 5.41) is 0. The van der Waals surface area contributed by atoms with Crippen LogP contribution in [0.2, 0.25) is 0 Å². The topological polar surface area (TPSA) is 93.1 Å². The highest BCUT2D eigenvalue weighted by Crippen LogP contribution is 2.76. The van der Waals surface area contributed by atoms with Gasteiger partial charge in [-0.1, -0.05) is 62.3 Å². The molecular weight excluding hydrogens is 523 g/mol. The molecule has 40 heavy (non-hydrogen) atoms. The minimum atomic E-state index is -4.70. The number of phosphoric acid groups is 1. The van der Waals surface area contributed by atoms with Gasteiger partial charge >= 0.3 is 13.8 Å². The first-order chi connectivity index (χ1) is 18.4. The van der Waals surface area contributed by atoms with Crippen molar-refractivity contribution in [2.75, 3.05) is 6.79 Å². The molecule has 5 fully saturated rings. The molecule has 6 nitrogen and oxygen atoms in total. The summed E-state index contributed by atoms with van der Waals surface area (Å²) in [4.78, 5) is 32.2. The third kappa shape index (κ3) is 4.34. The number of rotatable bonds is 4. The first kappa shape index (κ1) is 31.0. The lowest BCUT2D eigenvalue weighted by atomic mass is 9.31. The Morgan fingerprint density at radius 3 is 2.12 bits per heavy atom. The third-order valence-corrected chi connectivity index (χ3v) is 15.7. The summed E-state index contributed by atoms with van der Waals surface area (Å²) in [6, 6.07) is 0. The molecule has 230 valence electrons. The van der Waals surface area contributed by atoms with Gasteiger partial charge in [-0.15, -0.1) is 0 Å². The summed E-state index contributed by atoms with van der Waals surface area (Å²) < 4.78 is 21.3. The van der Waals surface area contributed by atoms with E-state index in [0.29, 0.717) is 29.1 Å². The fourth-order valence-electron chi connectivity index (χ4n) is 12.3. The van der Waals surface area contributed by atoms with Crippen LogP contribution in [-0.4, -0.2) is 22.5 Å². The van der Waals surface area contributed by atoms with Crippen LogP contribution in [0.15, 0.2) is 0 Å². The van der Waals surface area contributed by atoms with Gasteiger partial charge in [0, 0.05) is 0 Å². The second kappa shape index (κ2) is 10.1. The van der Waals surface area contributed by atoms with E-state index in [1.807, 2.05) is 0 Å². The summed E-state index contributed by atoms with van der Waals surface area (Å²) in [5.41, 5.74) is 0.156. The molecule has 2 N–H and O–H groups in total. The second-order valence-electron chi connectivity index (χ2n) is 16.5. The lowest BCUT2D eigenvalue weighted by molar-refractivity contribution is -0.257. The summed E-state index contributed by atoms with van der Waals surface area (Å²) in [6.45, 7) is 21.9. The van der Waals surface area contributed by atoms with E-state index in [9.17, 15) is 9.36 Å². The van der Waals surface area contributed by atoms with Crippen LogP contribution < -0.4 is 0 Å². The van der Waals surface area contributed by atoms with E-state index in [0.717, 1.165) is 55.3 Å².